The lowest BCUT2D eigenvalue weighted by Crippen LogP contribution is -2.40. The Labute approximate surface area is 329 Å². The SMILES string of the molecule is O=C1c2ccc3c4ccc5c6c(ccc(c7ccc(c2c37)C(=O)N1c1ccc(/N=N/c2ccccc2)cc1)c64)C(=O)N(c1ccc(/N=N/c2ccccc2)cc1)C5=O. The van der Waals surface area contributed by atoms with Crippen LogP contribution >= 0.6 is 0 Å². The first kappa shape index (κ1) is 33.1. The van der Waals surface area contributed by atoms with Gasteiger partial charge in [-0.25, -0.2) is 9.80 Å². The summed E-state index contributed by atoms with van der Waals surface area (Å²) in [6.07, 6.45) is 0. The van der Waals surface area contributed by atoms with Gasteiger partial charge in [0.05, 0.1) is 34.1 Å². The molecule has 0 N–H and O–H groups in total. The first-order valence-corrected chi connectivity index (χ1v) is 18.6. The fourth-order valence-electron chi connectivity index (χ4n) is 8.29. The number of fused-ring (bicyclic) bond motifs is 2. The fraction of sp³-hybridized carbons (Fsp3) is 0. The van der Waals surface area contributed by atoms with E-state index < -0.39 is 23.6 Å². The van der Waals surface area contributed by atoms with E-state index in [1.165, 1.54) is 9.80 Å². The van der Waals surface area contributed by atoms with E-state index in [4.69, 9.17) is 0 Å². The highest BCUT2D eigenvalue weighted by Gasteiger charge is 2.38. The molecule has 272 valence electrons. The molecule has 0 fully saturated rings. The van der Waals surface area contributed by atoms with Gasteiger partial charge in [0.25, 0.3) is 23.6 Å². The number of azo groups is 2. The van der Waals surface area contributed by atoms with E-state index in [1.54, 1.807) is 72.8 Å². The maximum atomic E-state index is 14.2. The molecule has 9 aromatic carbocycles. The molecule has 0 unspecified atom stereocenters. The molecule has 2 heterocycles. The van der Waals surface area contributed by atoms with Crippen LogP contribution in [0, 0.1) is 0 Å². The maximum Gasteiger partial charge on any atom is 0.265 e. The third-order valence-electron chi connectivity index (χ3n) is 10.9. The van der Waals surface area contributed by atoms with Gasteiger partial charge in [0, 0.05) is 33.0 Å². The monoisotopic (exact) mass is 750 g/mol. The van der Waals surface area contributed by atoms with E-state index in [-0.39, 0.29) is 0 Å². The van der Waals surface area contributed by atoms with Gasteiger partial charge in [0.1, 0.15) is 0 Å². The van der Waals surface area contributed by atoms with E-state index in [9.17, 15) is 19.2 Å². The summed E-state index contributed by atoms with van der Waals surface area (Å²) in [6, 6.07) is 47.0. The molecule has 0 saturated carbocycles. The summed E-state index contributed by atoms with van der Waals surface area (Å²) in [5, 5.41) is 23.1. The predicted molar refractivity (Wildman–Crippen MR) is 224 cm³/mol. The van der Waals surface area contributed by atoms with Crippen LogP contribution in [-0.2, 0) is 0 Å². The first-order chi connectivity index (χ1) is 28.4. The van der Waals surface area contributed by atoms with E-state index in [0.29, 0.717) is 67.2 Å². The van der Waals surface area contributed by atoms with E-state index in [0.717, 1.165) is 32.3 Å². The van der Waals surface area contributed by atoms with Crippen molar-refractivity contribution in [2.75, 3.05) is 9.80 Å². The number of amides is 4. The standard InChI is InChI=1S/C48H26N6O4/c55-45-37-23-19-33-35-21-25-39-44-40(48(58)54(47(39)57)32-17-13-30(14-18-32)52-50-28-9-5-2-6-10-28)26-22-36(42(35)44)34-20-24-38(43(37)41(33)34)46(56)53(45)31-15-11-29(12-16-31)51-49-27-7-3-1-4-8-27/h1-26H/b51-49+,52-50+. The summed E-state index contributed by atoms with van der Waals surface area (Å²) in [4.78, 5) is 59.3. The van der Waals surface area contributed by atoms with Gasteiger partial charge in [-0.05, 0) is 129 Å². The smallest absolute Gasteiger partial charge is 0.265 e. The number of benzene rings is 9. The van der Waals surface area contributed by atoms with E-state index >= 15 is 0 Å². The highest BCUT2D eigenvalue weighted by atomic mass is 16.2. The third kappa shape index (κ3) is 4.92. The Morgan fingerprint density at radius 1 is 0.276 bits per heavy atom. The minimum atomic E-state index is -0.431. The summed E-state index contributed by atoms with van der Waals surface area (Å²) in [5.41, 5.74) is 5.05. The molecular weight excluding hydrogens is 725 g/mol. The van der Waals surface area contributed by atoms with E-state index in [1.807, 2.05) is 84.9 Å². The molecule has 11 rings (SSSR count). The second kappa shape index (κ2) is 12.7. The average Bonchev–Trinajstić information content (AvgIpc) is 3.27. The number of rotatable bonds is 6. The van der Waals surface area contributed by atoms with Crippen molar-refractivity contribution in [1.29, 1.82) is 0 Å². The lowest BCUT2D eigenvalue weighted by atomic mass is 9.82. The average molecular weight is 751 g/mol. The van der Waals surface area contributed by atoms with Gasteiger partial charge < -0.3 is 0 Å². The number of nitrogens with zero attached hydrogens (tertiary/aromatic N) is 6. The van der Waals surface area contributed by atoms with Crippen molar-refractivity contribution in [1.82, 2.24) is 0 Å². The maximum absolute atomic E-state index is 14.2. The van der Waals surface area contributed by atoms with Gasteiger partial charge in [-0.1, -0.05) is 60.7 Å². The van der Waals surface area contributed by atoms with Crippen LogP contribution in [0.15, 0.2) is 178 Å². The first-order valence-electron chi connectivity index (χ1n) is 18.6. The summed E-state index contributed by atoms with van der Waals surface area (Å²) in [7, 11) is 0. The van der Waals surface area contributed by atoms with Gasteiger partial charge >= 0.3 is 0 Å². The minimum absolute atomic E-state index is 0.408. The molecule has 2 aliphatic heterocycles. The second-order valence-electron chi connectivity index (χ2n) is 14.1. The molecule has 2 aliphatic rings. The summed E-state index contributed by atoms with van der Waals surface area (Å²) in [5.74, 6) is -1.72. The molecule has 0 spiro atoms. The Bertz CT molecular complexity index is 2950. The van der Waals surface area contributed by atoms with Gasteiger partial charge in [0.15, 0.2) is 0 Å². The number of anilines is 2. The molecule has 4 amide bonds. The number of hydrogen-bond acceptors (Lipinski definition) is 8. The highest BCUT2D eigenvalue weighted by Crippen LogP contribution is 2.47. The van der Waals surface area contributed by atoms with Crippen molar-refractivity contribution in [2.45, 2.75) is 0 Å². The van der Waals surface area contributed by atoms with Crippen LogP contribution in [0.25, 0.3) is 43.1 Å². The molecule has 0 radical (unpaired) electrons. The number of imide groups is 2. The molecule has 0 saturated heterocycles. The van der Waals surface area contributed by atoms with Crippen LogP contribution in [0.4, 0.5) is 34.1 Å². The molecule has 0 aromatic heterocycles. The number of carbonyl (C=O) groups is 4. The van der Waals surface area contributed by atoms with Crippen LogP contribution in [-0.4, -0.2) is 23.6 Å². The predicted octanol–water partition coefficient (Wildman–Crippen LogP) is 12.2. The van der Waals surface area contributed by atoms with Crippen LogP contribution < -0.4 is 9.80 Å². The Morgan fingerprint density at radius 3 is 0.845 bits per heavy atom. The van der Waals surface area contributed by atoms with Crippen molar-refractivity contribution < 1.29 is 19.2 Å². The van der Waals surface area contributed by atoms with Crippen molar-refractivity contribution in [3.63, 3.8) is 0 Å². The van der Waals surface area contributed by atoms with Crippen molar-refractivity contribution in [2.24, 2.45) is 20.5 Å². The third-order valence-corrected chi connectivity index (χ3v) is 10.9. The van der Waals surface area contributed by atoms with Gasteiger partial charge in [0.2, 0.25) is 0 Å². The Kier molecular flexibility index (Phi) is 7.23. The molecule has 58 heavy (non-hydrogen) atoms. The number of hydrogen-bond donors (Lipinski definition) is 0. The molecule has 0 bridgehead atoms. The van der Waals surface area contributed by atoms with Gasteiger partial charge in [-0.15, -0.1) is 0 Å². The molecule has 10 heteroatoms. The molecule has 0 atom stereocenters. The summed E-state index contributed by atoms with van der Waals surface area (Å²) < 4.78 is 0. The zero-order chi connectivity index (χ0) is 39.1. The van der Waals surface area contributed by atoms with Crippen LogP contribution in [0.5, 0.6) is 0 Å². The topological polar surface area (TPSA) is 124 Å². The Morgan fingerprint density at radius 2 is 0.552 bits per heavy atom. The number of carbonyl (C=O) groups excluding carboxylic acids is 4. The van der Waals surface area contributed by atoms with Crippen LogP contribution in [0.1, 0.15) is 41.4 Å². The molecule has 9 aromatic rings. The summed E-state index contributed by atoms with van der Waals surface area (Å²) in [6.45, 7) is 0. The normalized spacial score (nSPS) is 14.1. The molecule has 10 nitrogen and oxygen atoms in total. The zero-order valence-corrected chi connectivity index (χ0v) is 30.3. The van der Waals surface area contributed by atoms with Crippen LogP contribution in [0.3, 0.4) is 0 Å². The second-order valence-corrected chi connectivity index (χ2v) is 14.1. The van der Waals surface area contributed by atoms with Gasteiger partial charge in [-0.3, -0.25) is 19.2 Å². The van der Waals surface area contributed by atoms with Crippen molar-refractivity contribution in [3.05, 3.63) is 180 Å². The van der Waals surface area contributed by atoms with Gasteiger partial charge in [-0.2, -0.15) is 20.5 Å². The van der Waals surface area contributed by atoms with E-state index in [2.05, 4.69) is 20.5 Å². The van der Waals surface area contributed by atoms with Crippen LogP contribution in [0.2, 0.25) is 0 Å². The molecule has 0 aliphatic carbocycles. The highest BCUT2D eigenvalue weighted by molar-refractivity contribution is 6.45. The molecular formula is C48H26N6O4. The lowest BCUT2D eigenvalue weighted by molar-refractivity contribution is 0.0877. The fourth-order valence-corrected chi connectivity index (χ4v) is 8.29. The van der Waals surface area contributed by atoms with Crippen molar-refractivity contribution in [3.8, 4) is 0 Å². The zero-order valence-electron chi connectivity index (χ0n) is 30.3. The quantitative estimate of drug-likeness (QED) is 0.0726. The Balaban J connectivity index is 0.971. The summed E-state index contributed by atoms with van der Waals surface area (Å²) >= 11 is 0. The lowest BCUT2D eigenvalue weighted by Gasteiger charge is -2.30. The minimum Gasteiger partial charge on any atom is -0.268 e. The van der Waals surface area contributed by atoms with Crippen molar-refractivity contribution >= 4 is 101 Å². The Hall–Kier alpha value is -8.24. The largest absolute Gasteiger partial charge is 0.268 e.